The number of nitrogens with zero attached hydrogens (tertiary/aromatic N) is 4. The summed E-state index contributed by atoms with van der Waals surface area (Å²) >= 11 is 0. The molecule has 0 bridgehead atoms. The molecular weight excluding hydrogens is 560 g/mol. The minimum atomic E-state index is 0.0916. The van der Waals surface area contributed by atoms with Crippen LogP contribution >= 0.6 is 0 Å². The highest BCUT2D eigenvalue weighted by molar-refractivity contribution is 6.10. The fourth-order valence-electron chi connectivity index (χ4n) is 9.39. The van der Waals surface area contributed by atoms with E-state index in [9.17, 15) is 0 Å². The van der Waals surface area contributed by atoms with E-state index in [1.165, 1.54) is 39.1 Å². The van der Waals surface area contributed by atoms with Gasteiger partial charge < -0.3 is 9.47 Å². The first-order valence-corrected chi connectivity index (χ1v) is 16.9. The lowest BCUT2D eigenvalue weighted by atomic mass is 9.67. The molecule has 3 heterocycles. The number of allylic oxidation sites excluding steroid dienone is 6. The maximum absolute atomic E-state index is 5.59. The molecule has 8 unspecified atom stereocenters. The largest absolute Gasteiger partial charge is 0.325 e. The number of likely N-dealkylation sites (tertiary alicyclic amines) is 1. The summed E-state index contributed by atoms with van der Waals surface area (Å²) in [5, 5.41) is 1.30. The Hall–Kier alpha value is -4.96. The lowest BCUT2D eigenvalue weighted by Crippen LogP contribution is -2.45. The highest BCUT2D eigenvalue weighted by Crippen LogP contribution is 2.57. The second-order valence-corrected chi connectivity index (χ2v) is 13.5. The van der Waals surface area contributed by atoms with Crippen molar-refractivity contribution in [1.29, 1.82) is 0 Å². The normalized spacial score (nSPS) is 31.5. The molecule has 4 heteroatoms. The summed E-state index contributed by atoms with van der Waals surface area (Å²) in [5.74, 6) is 2.77. The molecule has 46 heavy (non-hydrogen) atoms. The van der Waals surface area contributed by atoms with Crippen molar-refractivity contribution in [2.75, 3.05) is 0 Å². The quantitative estimate of drug-likeness (QED) is 0.213. The molecule has 6 aliphatic rings. The van der Waals surface area contributed by atoms with Gasteiger partial charge in [-0.2, -0.15) is 0 Å². The van der Waals surface area contributed by atoms with Crippen LogP contribution in [0.15, 0.2) is 150 Å². The van der Waals surface area contributed by atoms with Gasteiger partial charge in [-0.3, -0.25) is 0 Å². The van der Waals surface area contributed by atoms with E-state index >= 15 is 0 Å². The van der Waals surface area contributed by atoms with Crippen LogP contribution in [0.25, 0.3) is 22.7 Å². The number of rotatable bonds is 2. The predicted octanol–water partition coefficient (Wildman–Crippen LogP) is 8.74. The van der Waals surface area contributed by atoms with Gasteiger partial charge in [-0.25, -0.2) is 9.98 Å². The van der Waals surface area contributed by atoms with Crippen LogP contribution in [-0.4, -0.2) is 33.2 Å². The molecule has 8 atom stereocenters. The first kappa shape index (κ1) is 26.3. The first-order chi connectivity index (χ1) is 22.8. The van der Waals surface area contributed by atoms with E-state index in [2.05, 4.69) is 155 Å². The van der Waals surface area contributed by atoms with E-state index in [-0.39, 0.29) is 18.1 Å². The van der Waals surface area contributed by atoms with Gasteiger partial charge in [0.25, 0.3) is 0 Å². The zero-order chi connectivity index (χ0) is 30.2. The van der Waals surface area contributed by atoms with Crippen LogP contribution in [0, 0.1) is 29.6 Å². The number of benzene rings is 3. The lowest BCUT2D eigenvalue weighted by Gasteiger charge is -2.40. The van der Waals surface area contributed by atoms with Crippen molar-refractivity contribution in [3.8, 4) is 5.69 Å². The lowest BCUT2D eigenvalue weighted by molar-refractivity contribution is 0.263. The summed E-state index contributed by atoms with van der Waals surface area (Å²) < 4.78 is 2.53. The maximum atomic E-state index is 5.59. The second-order valence-electron chi connectivity index (χ2n) is 13.5. The van der Waals surface area contributed by atoms with E-state index in [1.54, 1.807) is 0 Å². The van der Waals surface area contributed by atoms with Crippen LogP contribution in [0.3, 0.4) is 0 Å². The third kappa shape index (κ3) is 3.79. The van der Waals surface area contributed by atoms with E-state index in [1.807, 2.05) is 0 Å². The number of guanidine groups is 1. The molecule has 0 N–H and O–H groups in total. The van der Waals surface area contributed by atoms with Gasteiger partial charge in [-0.15, -0.1) is 0 Å². The average Bonchev–Trinajstić information content (AvgIpc) is 3.65. The Morgan fingerprint density at radius 2 is 1.52 bits per heavy atom. The Kier molecular flexibility index (Phi) is 5.87. The summed E-state index contributed by atoms with van der Waals surface area (Å²) in [5.41, 5.74) is 7.54. The van der Waals surface area contributed by atoms with Crippen LogP contribution in [-0.2, 0) is 0 Å². The Morgan fingerprint density at radius 3 is 2.41 bits per heavy atom. The van der Waals surface area contributed by atoms with Gasteiger partial charge in [-0.1, -0.05) is 127 Å². The van der Waals surface area contributed by atoms with Gasteiger partial charge in [0.05, 0.1) is 35.0 Å². The first-order valence-electron chi connectivity index (χ1n) is 16.9. The molecule has 10 rings (SSSR count). The van der Waals surface area contributed by atoms with Crippen LogP contribution in [0.1, 0.15) is 35.7 Å². The number of fused-ring (bicyclic) bond motifs is 10. The molecule has 1 fully saturated rings. The number of aliphatic imine (C=N–C) groups is 2. The average molecular weight is 597 g/mol. The number of hydrogen-bond acceptors (Lipinski definition) is 3. The van der Waals surface area contributed by atoms with E-state index in [0.717, 1.165) is 18.8 Å². The molecule has 4 nitrogen and oxygen atoms in total. The van der Waals surface area contributed by atoms with Crippen molar-refractivity contribution in [2.45, 2.75) is 31.0 Å². The van der Waals surface area contributed by atoms with E-state index in [4.69, 9.17) is 9.98 Å². The molecular formula is C42H36N4. The second kappa shape index (κ2) is 10.3. The molecule has 0 spiro atoms. The predicted molar refractivity (Wildman–Crippen MR) is 188 cm³/mol. The van der Waals surface area contributed by atoms with Crippen LogP contribution < -0.4 is 0 Å². The topological polar surface area (TPSA) is 32.9 Å². The molecule has 3 aromatic carbocycles. The van der Waals surface area contributed by atoms with Crippen molar-refractivity contribution in [1.82, 2.24) is 9.47 Å². The molecule has 4 aliphatic carbocycles. The van der Waals surface area contributed by atoms with E-state index < -0.39 is 0 Å². The fraction of sp³-hybridized carbons (Fsp3) is 0.238. The van der Waals surface area contributed by atoms with Gasteiger partial charge in [0, 0.05) is 34.4 Å². The Bertz CT molecular complexity index is 2060. The third-order valence-electron chi connectivity index (χ3n) is 11.3. The highest BCUT2D eigenvalue weighted by atomic mass is 15.4. The third-order valence-corrected chi connectivity index (χ3v) is 11.3. The van der Waals surface area contributed by atoms with Gasteiger partial charge in [0.2, 0.25) is 5.96 Å². The van der Waals surface area contributed by atoms with Gasteiger partial charge in [0.1, 0.15) is 0 Å². The summed E-state index contributed by atoms with van der Waals surface area (Å²) in [6, 6.07) is 31.1. The van der Waals surface area contributed by atoms with Gasteiger partial charge >= 0.3 is 0 Å². The molecule has 1 saturated heterocycles. The molecule has 224 valence electrons. The van der Waals surface area contributed by atoms with E-state index in [0.29, 0.717) is 29.6 Å². The van der Waals surface area contributed by atoms with Crippen molar-refractivity contribution in [3.05, 3.63) is 156 Å². The Balaban J connectivity index is 1.23. The minimum Gasteiger partial charge on any atom is -0.325 e. The fourth-order valence-corrected chi connectivity index (χ4v) is 9.39. The molecule has 0 saturated carbocycles. The van der Waals surface area contributed by atoms with Crippen molar-refractivity contribution < 1.29 is 0 Å². The maximum Gasteiger partial charge on any atom is 0.222 e. The zero-order valence-corrected chi connectivity index (χ0v) is 25.7. The molecule has 0 radical (unpaired) electrons. The molecule has 0 amide bonds. The van der Waals surface area contributed by atoms with Crippen molar-refractivity contribution in [3.63, 3.8) is 0 Å². The number of para-hydroxylation sites is 2. The monoisotopic (exact) mass is 596 g/mol. The van der Waals surface area contributed by atoms with Gasteiger partial charge in [0.15, 0.2) is 0 Å². The smallest absolute Gasteiger partial charge is 0.222 e. The standard InChI is InChI=1S/C42H36N4/c1-3-14-28(15-4-1)39-33-20-9-11-21-35(33)43-42(44-39)46-37-26-23-27-13-7-8-18-30(27)38(37)34-25-24-32-31-19-10-12-22-36(31)45(40(32)41(34)46)29-16-5-2-6-17-29/h1-8,10-19,21-27,30,33-35,37-38,41H,9,20H2. The van der Waals surface area contributed by atoms with Crippen LogP contribution in [0.2, 0.25) is 0 Å². The summed E-state index contributed by atoms with van der Waals surface area (Å²) in [6.45, 7) is 0. The molecule has 2 aliphatic heterocycles. The van der Waals surface area contributed by atoms with Gasteiger partial charge in [-0.05, 0) is 48.4 Å². The zero-order valence-electron chi connectivity index (χ0n) is 25.7. The SMILES string of the molecule is C1=CC2C=CC3C(C2C=C1)C1C=Cc2c(n(-c4ccccc4)c4ccccc24)C1N3C1=NC2C=CCCC2C(c2ccccc2)=N1. The van der Waals surface area contributed by atoms with Crippen molar-refractivity contribution in [2.24, 2.45) is 39.6 Å². The Morgan fingerprint density at radius 1 is 0.717 bits per heavy atom. The molecule has 1 aromatic heterocycles. The summed E-state index contributed by atoms with van der Waals surface area (Å²) in [4.78, 5) is 13.8. The summed E-state index contributed by atoms with van der Waals surface area (Å²) in [6.07, 6.45) is 26.0. The Labute approximate surface area is 270 Å². The van der Waals surface area contributed by atoms with Crippen molar-refractivity contribution >= 4 is 28.7 Å². The van der Waals surface area contributed by atoms with Crippen LogP contribution in [0.4, 0.5) is 0 Å². The number of hydrogen-bond donors (Lipinski definition) is 0. The number of aromatic nitrogens is 1. The highest BCUT2D eigenvalue weighted by Gasteiger charge is 2.56. The van der Waals surface area contributed by atoms with Crippen LogP contribution in [0.5, 0.6) is 0 Å². The minimum absolute atomic E-state index is 0.0916. The summed E-state index contributed by atoms with van der Waals surface area (Å²) in [7, 11) is 0. The molecule has 4 aromatic rings.